The van der Waals surface area contributed by atoms with Gasteiger partial charge >= 0.3 is 0 Å². The Balaban J connectivity index is 1.55. The Kier molecular flexibility index (Phi) is 4.01. The SMILES string of the molecule is C[NH+](CC(=O)NC1CC1)Cc1cc(-c2ccccc2)on1. The zero-order valence-corrected chi connectivity index (χ0v) is 12.1. The number of likely N-dealkylation sites (N-methyl/N-ethyl adjacent to an activating group) is 1. The Labute approximate surface area is 123 Å². The highest BCUT2D eigenvalue weighted by Gasteiger charge is 2.24. The van der Waals surface area contributed by atoms with E-state index in [9.17, 15) is 4.79 Å². The molecule has 110 valence electrons. The average molecular weight is 286 g/mol. The van der Waals surface area contributed by atoms with Crippen molar-refractivity contribution in [3.63, 3.8) is 0 Å². The summed E-state index contributed by atoms with van der Waals surface area (Å²) in [4.78, 5) is 12.8. The first kappa shape index (κ1) is 13.8. The zero-order valence-electron chi connectivity index (χ0n) is 12.1. The Hall–Kier alpha value is -2.14. The number of hydrogen-bond donors (Lipinski definition) is 2. The average Bonchev–Trinajstić information content (AvgIpc) is 3.15. The van der Waals surface area contributed by atoms with Gasteiger partial charge in [-0.1, -0.05) is 35.5 Å². The summed E-state index contributed by atoms with van der Waals surface area (Å²) in [5.41, 5.74) is 1.88. The number of carbonyl (C=O) groups excluding carboxylic acids is 1. The molecule has 1 amide bonds. The summed E-state index contributed by atoms with van der Waals surface area (Å²) in [6, 6.07) is 12.2. The molecular formula is C16H20N3O2+. The molecular weight excluding hydrogens is 266 g/mol. The summed E-state index contributed by atoms with van der Waals surface area (Å²) < 4.78 is 5.37. The lowest BCUT2D eigenvalue weighted by Crippen LogP contribution is -3.09. The first-order chi connectivity index (χ1) is 10.2. The zero-order chi connectivity index (χ0) is 14.7. The van der Waals surface area contributed by atoms with Gasteiger partial charge in [-0.05, 0) is 12.8 Å². The molecule has 3 rings (SSSR count). The molecule has 2 aromatic rings. The predicted molar refractivity (Wildman–Crippen MR) is 78.6 cm³/mol. The summed E-state index contributed by atoms with van der Waals surface area (Å²) in [5.74, 6) is 0.877. The summed E-state index contributed by atoms with van der Waals surface area (Å²) in [7, 11) is 1.99. The van der Waals surface area contributed by atoms with Crippen molar-refractivity contribution in [3.8, 4) is 11.3 Å². The molecule has 1 aromatic heterocycles. The fraction of sp³-hybridized carbons (Fsp3) is 0.375. The largest absolute Gasteiger partial charge is 0.356 e. The van der Waals surface area contributed by atoms with Crippen molar-refractivity contribution in [2.24, 2.45) is 0 Å². The molecule has 5 heteroatoms. The van der Waals surface area contributed by atoms with Crippen molar-refractivity contribution < 1.29 is 14.2 Å². The molecule has 1 aliphatic carbocycles. The normalized spacial score (nSPS) is 15.7. The van der Waals surface area contributed by atoms with E-state index in [0.717, 1.165) is 34.8 Å². The molecule has 1 aromatic carbocycles. The number of amides is 1. The maximum Gasteiger partial charge on any atom is 0.275 e. The minimum Gasteiger partial charge on any atom is -0.356 e. The van der Waals surface area contributed by atoms with Crippen LogP contribution in [0.15, 0.2) is 40.9 Å². The van der Waals surface area contributed by atoms with Gasteiger partial charge in [-0.3, -0.25) is 4.79 Å². The van der Waals surface area contributed by atoms with E-state index in [-0.39, 0.29) is 5.91 Å². The molecule has 1 fully saturated rings. The summed E-state index contributed by atoms with van der Waals surface area (Å²) in [6.07, 6.45) is 2.24. The quantitative estimate of drug-likeness (QED) is 0.819. The summed E-state index contributed by atoms with van der Waals surface area (Å²) in [5, 5.41) is 7.08. The first-order valence-electron chi connectivity index (χ1n) is 7.32. The van der Waals surface area contributed by atoms with Crippen LogP contribution < -0.4 is 10.2 Å². The molecule has 21 heavy (non-hydrogen) atoms. The Morgan fingerprint density at radius 2 is 2.14 bits per heavy atom. The molecule has 2 N–H and O–H groups in total. The van der Waals surface area contributed by atoms with Crippen LogP contribution in [-0.4, -0.2) is 30.7 Å². The molecule has 1 unspecified atom stereocenters. The Bertz CT molecular complexity index is 605. The predicted octanol–water partition coefficient (Wildman–Crippen LogP) is 0.635. The molecule has 0 radical (unpaired) electrons. The third-order valence-electron chi connectivity index (χ3n) is 3.50. The molecule has 1 aliphatic rings. The fourth-order valence-corrected chi connectivity index (χ4v) is 2.29. The maximum absolute atomic E-state index is 11.7. The Morgan fingerprint density at radius 3 is 2.86 bits per heavy atom. The monoisotopic (exact) mass is 286 g/mol. The van der Waals surface area contributed by atoms with Crippen molar-refractivity contribution in [1.82, 2.24) is 10.5 Å². The van der Waals surface area contributed by atoms with Crippen LogP contribution in [0.1, 0.15) is 18.5 Å². The number of hydrogen-bond acceptors (Lipinski definition) is 3. The molecule has 0 aliphatic heterocycles. The number of nitrogens with one attached hydrogen (secondary N) is 2. The van der Waals surface area contributed by atoms with E-state index in [4.69, 9.17) is 4.52 Å². The van der Waals surface area contributed by atoms with Crippen molar-refractivity contribution in [2.45, 2.75) is 25.4 Å². The van der Waals surface area contributed by atoms with Crippen LogP contribution in [-0.2, 0) is 11.3 Å². The van der Waals surface area contributed by atoms with Gasteiger partial charge in [0.1, 0.15) is 12.2 Å². The summed E-state index contributed by atoms with van der Waals surface area (Å²) >= 11 is 0. The number of benzene rings is 1. The molecule has 1 atom stereocenters. The van der Waals surface area contributed by atoms with Crippen molar-refractivity contribution in [3.05, 3.63) is 42.1 Å². The second kappa shape index (κ2) is 6.10. The van der Waals surface area contributed by atoms with E-state index >= 15 is 0 Å². The number of quaternary nitrogens is 1. The lowest BCUT2D eigenvalue weighted by atomic mass is 10.1. The van der Waals surface area contributed by atoms with Gasteiger partial charge in [0.2, 0.25) is 0 Å². The fourth-order valence-electron chi connectivity index (χ4n) is 2.29. The minimum absolute atomic E-state index is 0.113. The summed E-state index contributed by atoms with van der Waals surface area (Å²) in [6.45, 7) is 1.14. The molecule has 5 nitrogen and oxygen atoms in total. The molecule has 1 saturated carbocycles. The smallest absolute Gasteiger partial charge is 0.275 e. The maximum atomic E-state index is 11.7. The standard InChI is InChI=1S/C16H19N3O2/c1-19(11-16(20)17-13-7-8-13)10-14-9-15(21-18-14)12-5-3-2-4-6-12/h2-6,9,13H,7-8,10-11H2,1H3,(H,17,20)/p+1. The van der Waals surface area contributed by atoms with Crippen LogP contribution in [0, 0.1) is 0 Å². The Morgan fingerprint density at radius 1 is 1.38 bits per heavy atom. The number of aromatic nitrogens is 1. The number of rotatable bonds is 6. The topological polar surface area (TPSA) is 59.6 Å². The number of carbonyl (C=O) groups is 1. The molecule has 0 spiro atoms. The van der Waals surface area contributed by atoms with E-state index in [1.807, 2.05) is 43.4 Å². The second-order valence-corrected chi connectivity index (χ2v) is 5.70. The van der Waals surface area contributed by atoms with Crippen molar-refractivity contribution in [2.75, 3.05) is 13.6 Å². The highest BCUT2D eigenvalue weighted by molar-refractivity contribution is 5.77. The number of nitrogens with zero attached hydrogens (tertiary/aromatic N) is 1. The van der Waals surface area contributed by atoms with Gasteiger partial charge in [-0.15, -0.1) is 0 Å². The van der Waals surface area contributed by atoms with Crippen LogP contribution in [0.3, 0.4) is 0 Å². The van der Waals surface area contributed by atoms with Crippen LogP contribution in [0.25, 0.3) is 11.3 Å². The molecule has 0 saturated heterocycles. The van der Waals surface area contributed by atoms with Crippen LogP contribution >= 0.6 is 0 Å². The van der Waals surface area contributed by atoms with Crippen molar-refractivity contribution >= 4 is 5.91 Å². The van der Waals surface area contributed by atoms with Gasteiger partial charge in [-0.25, -0.2) is 0 Å². The molecule has 0 bridgehead atoms. The van der Waals surface area contributed by atoms with Crippen LogP contribution in [0.2, 0.25) is 0 Å². The van der Waals surface area contributed by atoms with Crippen LogP contribution in [0.5, 0.6) is 0 Å². The lowest BCUT2D eigenvalue weighted by molar-refractivity contribution is -0.885. The first-order valence-corrected chi connectivity index (χ1v) is 7.32. The van der Waals surface area contributed by atoms with E-state index < -0.39 is 0 Å². The third kappa shape index (κ3) is 3.92. The van der Waals surface area contributed by atoms with Crippen LogP contribution in [0.4, 0.5) is 0 Å². The van der Waals surface area contributed by atoms with E-state index in [1.54, 1.807) is 0 Å². The van der Waals surface area contributed by atoms with E-state index in [0.29, 0.717) is 19.1 Å². The van der Waals surface area contributed by atoms with Crippen molar-refractivity contribution in [1.29, 1.82) is 0 Å². The van der Waals surface area contributed by atoms with Gasteiger partial charge in [0.25, 0.3) is 5.91 Å². The molecule has 1 heterocycles. The van der Waals surface area contributed by atoms with Gasteiger partial charge in [0.15, 0.2) is 12.3 Å². The lowest BCUT2D eigenvalue weighted by Gasteiger charge is -2.11. The minimum atomic E-state index is 0.113. The van der Waals surface area contributed by atoms with E-state index in [1.165, 1.54) is 0 Å². The van der Waals surface area contributed by atoms with Gasteiger partial charge < -0.3 is 14.7 Å². The van der Waals surface area contributed by atoms with E-state index in [2.05, 4.69) is 10.5 Å². The third-order valence-corrected chi connectivity index (χ3v) is 3.50. The van der Waals surface area contributed by atoms with Gasteiger partial charge in [0, 0.05) is 17.7 Å². The van der Waals surface area contributed by atoms with Gasteiger partial charge in [0.05, 0.1) is 7.05 Å². The van der Waals surface area contributed by atoms with Gasteiger partial charge in [-0.2, -0.15) is 0 Å². The highest BCUT2D eigenvalue weighted by atomic mass is 16.5. The highest BCUT2D eigenvalue weighted by Crippen LogP contribution is 2.19. The second-order valence-electron chi connectivity index (χ2n) is 5.70.